The van der Waals surface area contributed by atoms with Gasteiger partial charge in [0.2, 0.25) is 5.75 Å². The van der Waals surface area contributed by atoms with Crippen molar-refractivity contribution in [2.24, 2.45) is 0 Å². The molecule has 0 amide bonds. The number of hydrogen-bond acceptors (Lipinski definition) is 4. The highest BCUT2D eigenvalue weighted by Crippen LogP contribution is 2.35. The van der Waals surface area contributed by atoms with E-state index in [9.17, 15) is 14.9 Å². The minimum absolute atomic E-state index is 0.0430. The molecule has 0 fully saturated rings. The highest BCUT2D eigenvalue weighted by molar-refractivity contribution is 9.10. The third-order valence-electron chi connectivity index (χ3n) is 2.24. The Labute approximate surface area is 123 Å². The van der Waals surface area contributed by atoms with Crippen LogP contribution in [0.4, 0.5) is 5.69 Å². The number of halogens is 2. The number of Topliss-reactive ketones (excluding diaryl/α,β-unsaturated/α-hetero) is 1. The molecule has 1 aromatic carbocycles. The third kappa shape index (κ3) is 4.04. The first kappa shape index (κ1) is 15.7. The number of carbonyl (C=O) groups excluding carboxylic acids is 1. The summed E-state index contributed by atoms with van der Waals surface area (Å²) in [5, 5.41) is 11.0. The number of nitrogens with zero attached hydrogens (tertiary/aromatic N) is 1. The zero-order chi connectivity index (χ0) is 14.6. The van der Waals surface area contributed by atoms with E-state index in [2.05, 4.69) is 15.9 Å². The average molecular weight is 349 g/mol. The molecule has 7 heteroatoms. The molecule has 0 saturated heterocycles. The Balaban J connectivity index is 3.31. The van der Waals surface area contributed by atoms with Crippen molar-refractivity contribution in [2.75, 3.05) is 6.61 Å². The van der Waals surface area contributed by atoms with Crippen LogP contribution < -0.4 is 4.74 Å². The number of ether oxygens (including phenoxy) is 1. The molecule has 19 heavy (non-hydrogen) atoms. The van der Waals surface area contributed by atoms with Crippen molar-refractivity contribution in [1.29, 1.82) is 0 Å². The number of rotatable bonds is 5. The largest absolute Gasteiger partial charge is 0.482 e. The number of carbonyl (C=O) groups is 1. The van der Waals surface area contributed by atoms with Gasteiger partial charge in [-0.1, -0.05) is 27.5 Å². The van der Waals surface area contributed by atoms with Crippen molar-refractivity contribution < 1.29 is 14.5 Å². The van der Waals surface area contributed by atoms with Crippen LogP contribution in [0.25, 0.3) is 0 Å². The maximum absolute atomic E-state index is 11.5. The Morgan fingerprint density at radius 1 is 1.53 bits per heavy atom. The van der Waals surface area contributed by atoms with Crippen LogP contribution in [0.1, 0.15) is 24.2 Å². The lowest BCUT2D eigenvalue weighted by atomic mass is 10.1. The van der Waals surface area contributed by atoms with Gasteiger partial charge in [-0.25, -0.2) is 0 Å². The Hall–Kier alpha value is -1.40. The number of nitro groups is 1. The zero-order valence-corrected chi connectivity index (χ0v) is 12.6. The second-order valence-corrected chi connectivity index (χ2v) is 4.99. The van der Waals surface area contributed by atoms with Crippen LogP contribution in [-0.4, -0.2) is 17.3 Å². The zero-order valence-electron chi connectivity index (χ0n) is 10.3. The maximum atomic E-state index is 11.5. The second kappa shape index (κ2) is 6.68. The highest BCUT2D eigenvalue weighted by Gasteiger charge is 2.23. The van der Waals surface area contributed by atoms with Crippen molar-refractivity contribution in [1.82, 2.24) is 0 Å². The number of nitro benzene ring substituents is 1. The van der Waals surface area contributed by atoms with Crippen LogP contribution in [0.5, 0.6) is 5.75 Å². The van der Waals surface area contributed by atoms with E-state index in [-0.39, 0.29) is 29.4 Å². The molecule has 102 valence electrons. The molecule has 0 aromatic heterocycles. The topological polar surface area (TPSA) is 69.4 Å². The normalized spacial score (nSPS) is 11.3. The molecule has 5 nitrogen and oxygen atoms in total. The molecule has 0 bridgehead atoms. The van der Waals surface area contributed by atoms with Gasteiger partial charge in [0, 0.05) is 16.1 Å². The lowest BCUT2D eigenvalue weighted by Gasteiger charge is -2.10. The summed E-state index contributed by atoms with van der Waals surface area (Å²) in [5.41, 5.74) is 1.90. The van der Waals surface area contributed by atoms with E-state index >= 15 is 0 Å². The van der Waals surface area contributed by atoms with Gasteiger partial charge in [0.15, 0.2) is 5.78 Å². The summed E-state index contributed by atoms with van der Waals surface area (Å²) >= 11 is 8.63. The molecular weight excluding hydrogens is 337 g/mol. The van der Waals surface area contributed by atoms with E-state index in [4.69, 9.17) is 16.3 Å². The van der Waals surface area contributed by atoms with Gasteiger partial charge in [0.05, 0.1) is 10.5 Å². The lowest BCUT2D eigenvalue weighted by molar-refractivity contribution is -0.385. The SMILES string of the molecule is CC(=O)c1cc(Br)cc([N+](=O)[O-])c1OC/C(C)=C/Cl. The molecule has 0 atom stereocenters. The van der Waals surface area contributed by atoms with Gasteiger partial charge in [-0.05, 0) is 25.5 Å². The van der Waals surface area contributed by atoms with Gasteiger partial charge < -0.3 is 4.74 Å². The van der Waals surface area contributed by atoms with Crippen molar-refractivity contribution in [3.8, 4) is 5.75 Å². The van der Waals surface area contributed by atoms with Crippen LogP contribution in [0.2, 0.25) is 0 Å². The number of benzene rings is 1. The van der Waals surface area contributed by atoms with E-state index in [1.54, 1.807) is 6.92 Å². The van der Waals surface area contributed by atoms with Crippen LogP contribution in [-0.2, 0) is 0 Å². The van der Waals surface area contributed by atoms with Gasteiger partial charge in [-0.3, -0.25) is 14.9 Å². The monoisotopic (exact) mass is 347 g/mol. The number of ketones is 1. The van der Waals surface area contributed by atoms with Crippen molar-refractivity contribution in [3.63, 3.8) is 0 Å². The maximum Gasteiger partial charge on any atom is 0.312 e. The lowest BCUT2D eigenvalue weighted by Crippen LogP contribution is -2.06. The van der Waals surface area contributed by atoms with Gasteiger partial charge >= 0.3 is 5.69 Å². The molecule has 0 aliphatic rings. The first-order valence-electron chi connectivity index (χ1n) is 5.24. The standard InChI is InChI=1S/C12H11BrClNO4/c1-7(5-14)6-19-12-10(8(2)16)3-9(13)4-11(12)15(17)18/h3-5H,6H2,1-2H3/b7-5+. The molecule has 0 unspecified atom stereocenters. The Kier molecular flexibility index (Phi) is 5.50. The summed E-state index contributed by atoms with van der Waals surface area (Å²) in [6, 6.07) is 2.78. The van der Waals surface area contributed by atoms with Crippen molar-refractivity contribution >= 4 is 39.0 Å². The molecule has 0 spiro atoms. The highest BCUT2D eigenvalue weighted by atomic mass is 79.9. The molecule has 1 rings (SSSR count). The fraction of sp³-hybridized carbons (Fsp3) is 0.250. The summed E-state index contributed by atoms with van der Waals surface area (Å²) in [4.78, 5) is 22.0. The average Bonchev–Trinajstić information content (AvgIpc) is 2.35. The summed E-state index contributed by atoms with van der Waals surface area (Å²) in [6.07, 6.45) is 0. The van der Waals surface area contributed by atoms with E-state index in [1.807, 2.05) is 0 Å². The quantitative estimate of drug-likeness (QED) is 0.457. The van der Waals surface area contributed by atoms with Gasteiger partial charge in [0.25, 0.3) is 0 Å². The molecule has 0 N–H and O–H groups in total. The Morgan fingerprint density at radius 2 is 2.16 bits per heavy atom. The summed E-state index contributed by atoms with van der Waals surface area (Å²) < 4.78 is 5.81. The van der Waals surface area contributed by atoms with E-state index in [0.29, 0.717) is 10.0 Å². The molecule has 1 aromatic rings. The van der Waals surface area contributed by atoms with Gasteiger partial charge in [-0.15, -0.1) is 0 Å². The summed E-state index contributed by atoms with van der Waals surface area (Å²) in [6.45, 7) is 3.11. The molecule has 0 aliphatic heterocycles. The van der Waals surface area contributed by atoms with E-state index in [0.717, 1.165) is 0 Å². The minimum atomic E-state index is -0.591. The van der Waals surface area contributed by atoms with Crippen molar-refractivity contribution in [3.05, 3.63) is 43.4 Å². The smallest absolute Gasteiger partial charge is 0.312 e. The number of hydrogen-bond donors (Lipinski definition) is 0. The fourth-order valence-electron chi connectivity index (χ4n) is 1.35. The minimum Gasteiger partial charge on any atom is -0.482 e. The fourth-order valence-corrected chi connectivity index (χ4v) is 1.85. The molecular formula is C12H11BrClNO4. The van der Waals surface area contributed by atoms with Crippen molar-refractivity contribution in [2.45, 2.75) is 13.8 Å². The Bertz CT molecular complexity index is 522. The second-order valence-electron chi connectivity index (χ2n) is 3.86. The Morgan fingerprint density at radius 3 is 2.63 bits per heavy atom. The summed E-state index contributed by atoms with van der Waals surface area (Å²) in [5.74, 6) is -0.356. The third-order valence-corrected chi connectivity index (χ3v) is 3.07. The molecule has 0 aliphatic carbocycles. The molecule has 0 saturated carbocycles. The molecule has 0 radical (unpaired) electrons. The van der Waals surface area contributed by atoms with E-state index < -0.39 is 4.92 Å². The van der Waals surface area contributed by atoms with Crippen LogP contribution >= 0.6 is 27.5 Å². The summed E-state index contributed by atoms with van der Waals surface area (Å²) in [7, 11) is 0. The first-order chi connectivity index (χ1) is 8.86. The van der Waals surface area contributed by atoms with E-state index in [1.165, 1.54) is 24.6 Å². The predicted molar refractivity (Wildman–Crippen MR) is 75.9 cm³/mol. The first-order valence-corrected chi connectivity index (χ1v) is 6.47. The van der Waals surface area contributed by atoms with Gasteiger partial charge in [0.1, 0.15) is 6.61 Å². The van der Waals surface area contributed by atoms with Gasteiger partial charge in [-0.2, -0.15) is 0 Å². The van der Waals surface area contributed by atoms with Crippen LogP contribution in [0.15, 0.2) is 27.7 Å². The van der Waals surface area contributed by atoms with Crippen LogP contribution in [0, 0.1) is 10.1 Å². The van der Waals surface area contributed by atoms with Crippen LogP contribution in [0.3, 0.4) is 0 Å². The predicted octanol–water partition coefficient (Wildman–Crippen LogP) is 4.08. The molecule has 0 heterocycles.